The van der Waals surface area contributed by atoms with Gasteiger partial charge in [0.2, 0.25) is 11.5 Å². The fourth-order valence-electron chi connectivity index (χ4n) is 3.39. The maximum Gasteiger partial charge on any atom is 0.256 e. The zero-order valence-corrected chi connectivity index (χ0v) is 17.0. The number of aromatic nitrogens is 2. The Morgan fingerprint density at radius 3 is 3.03 bits per heavy atom. The third-order valence-corrected chi connectivity index (χ3v) is 4.68. The molecule has 3 aromatic rings. The van der Waals surface area contributed by atoms with Crippen LogP contribution in [0.5, 0.6) is 5.75 Å². The van der Waals surface area contributed by atoms with E-state index in [1.165, 1.54) is 0 Å². The first-order chi connectivity index (χ1) is 16.7. The average Bonchev–Trinajstić information content (AvgIpc) is 3.36. The van der Waals surface area contributed by atoms with E-state index in [4.69, 9.17) is 24.1 Å². The minimum absolute atomic E-state index is 0.0781. The molecule has 1 heterocycles. The number of rotatable bonds is 7. The molecule has 1 N–H and O–H groups in total. The molecule has 4 rings (SSSR count). The smallest absolute Gasteiger partial charge is 0.256 e. The lowest BCUT2D eigenvalue weighted by Gasteiger charge is -2.13. The van der Waals surface area contributed by atoms with Crippen LogP contribution < -0.4 is 10.1 Å². The largest absolute Gasteiger partial charge is 0.502 e. The van der Waals surface area contributed by atoms with Crippen molar-refractivity contribution in [2.45, 2.75) is 52.1 Å². The molecule has 0 radical (unpaired) electrons. The molecular weight excluding hydrogens is 376 g/mol. The monoisotopic (exact) mass is 408 g/mol. The molecule has 0 fully saturated rings. The van der Waals surface area contributed by atoms with Gasteiger partial charge in [-0.15, -0.1) is 0 Å². The van der Waals surface area contributed by atoms with Crippen molar-refractivity contribution in [3.05, 3.63) is 58.9 Å². The lowest BCUT2D eigenvalue weighted by molar-refractivity contribution is 0.244. The van der Waals surface area contributed by atoms with E-state index in [9.17, 15) is 0 Å². The van der Waals surface area contributed by atoms with Crippen LogP contribution in [-0.4, -0.2) is 22.7 Å². The van der Waals surface area contributed by atoms with Crippen LogP contribution in [0.4, 0.5) is 5.69 Å². The van der Waals surface area contributed by atoms with E-state index in [1.54, 1.807) is 36.4 Å². The number of ether oxygens (including phenoxy) is 1. The number of hydrogen-bond donors (Lipinski definition) is 1. The summed E-state index contributed by atoms with van der Waals surface area (Å²) in [6.07, 6.45) is -4.19. The summed E-state index contributed by atoms with van der Waals surface area (Å²) in [5, 5.41) is 6.72. The molecule has 1 aliphatic carbocycles. The van der Waals surface area contributed by atoms with Crippen LogP contribution >= 0.6 is 0 Å². The van der Waals surface area contributed by atoms with E-state index >= 15 is 0 Å². The third kappa shape index (κ3) is 3.94. The summed E-state index contributed by atoms with van der Waals surface area (Å²) in [6.45, 7) is 9.96. The Kier molecular flexibility index (Phi) is 4.03. The fraction of sp³-hybridized carbons (Fsp3) is 0.375. The van der Waals surface area contributed by atoms with Gasteiger partial charge >= 0.3 is 0 Å². The fourth-order valence-corrected chi connectivity index (χ4v) is 3.39. The first-order valence-corrected chi connectivity index (χ1v) is 9.67. The zero-order chi connectivity index (χ0) is 26.5. The van der Waals surface area contributed by atoms with E-state index in [-0.39, 0.29) is 24.2 Å². The summed E-state index contributed by atoms with van der Waals surface area (Å²) >= 11 is 0. The molecule has 1 aromatic heterocycles. The van der Waals surface area contributed by atoms with Gasteiger partial charge < -0.3 is 14.6 Å². The van der Waals surface area contributed by atoms with Gasteiger partial charge in [0.1, 0.15) is 5.75 Å². The van der Waals surface area contributed by atoms with Crippen LogP contribution in [0.2, 0.25) is 0 Å². The summed E-state index contributed by atoms with van der Waals surface area (Å²) < 4.78 is 60.2. The van der Waals surface area contributed by atoms with Gasteiger partial charge in [-0.25, -0.2) is 4.85 Å². The summed E-state index contributed by atoms with van der Waals surface area (Å²) in [7, 11) is 0. The lowest BCUT2D eigenvalue weighted by Crippen LogP contribution is -2.19. The highest BCUT2D eigenvalue weighted by atomic mass is 16.5. The molecule has 0 unspecified atom stereocenters. The minimum Gasteiger partial charge on any atom is -0.502 e. The summed E-state index contributed by atoms with van der Waals surface area (Å²) in [4.78, 5) is 7.97. The number of nitrogens with one attached hydrogen (secondary N) is 1. The second kappa shape index (κ2) is 8.68. The molecule has 6 heteroatoms. The number of hydrogen-bond acceptors (Lipinski definition) is 5. The minimum atomic E-state index is -2.38. The maximum atomic E-state index is 8.63. The second-order valence-corrected chi connectivity index (χ2v) is 7.11. The highest BCUT2D eigenvalue weighted by Crippen LogP contribution is 2.38. The van der Waals surface area contributed by atoms with Crippen LogP contribution in [0.25, 0.3) is 27.7 Å². The maximum absolute atomic E-state index is 8.63. The van der Waals surface area contributed by atoms with Gasteiger partial charge in [-0.3, -0.25) is 0 Å². The molecular formula is C24H26N4O2. The Balaban J connectivity index is 1.71. The van der Waals surface area contributed by atoms with Gasteiger partial charge in [0.05, 0.1) is 12.7 Å². The molecule has 1 atom stereocenters. The van der Waals surface area contributed by atoms with Crippen molar-refractivity contribution in [1.82, 2.24) is 15.5 Å². The Morgan fingerprint density at radius 2 is 2.27 bits per heavy atom. The number of nitrogens with zero attached hydrogens (tertiary/aromatic N) is 3. The molecule has 0 spiro atoms. The Hall–Kier alpha value is -3.17. The van der Waals surface area contributed by atoms with Crippen molar-refractivity contribution in [3.63, 3.8) is 0 Å². The van der Waals surface area contributed by atoms with Crippen molar-refractivity contribution in [2.75, 3.05) is 6.50 Å². The van der Waals surface area contributed by atoms with E-state index in [0.717, 1.165) is 6.92 Å². The van der Waals surface area contributed by atoms with Crippen LogP contribution in [0.15, 0.2) is 40.9 Å². The molecule has 0 bridgehead atoms. The summed E-state index contributed by atoms with van der Waals surface area (Å²) in [6, 6.07) is 9.29. The highest BCUT2D eigenvalue weighted by Gasteiger charge is 2.26. The first kappa shape index (κ1) is 13.9. The summed E-state index contributed by atoms with van der Waals surface area (Å²) in [5.41, 5.74) is 2.05. The number of benzene rings is 2. The molecule has 0 aliphatic heterocycles. The summed E-state index contributed by atoms with van der Waals surface area (Å²) in [5.74, 6) is 0.770. The van der Waals surface area contributed by atoms with Crippen LogP contribution in [0.3, 0.4) is 0 Å². The lowest BCUT2D eigenvalue weighted by atomic mass is 10.0. The predicted octanol–water partition coefficient (Wildman–Crippen LogP) is 5.73. The molecule has 154 valence electrons. The van der Waals surface area contributed by atoms with Gasteiger partial charge in [0, 0.05) is 25.4 Å². The highest BCUT2D eigenvalue weighted by molar-refractivity contribution is 5.70. The molecule has 1 aliphatic rings. The topological polar surface area (TPSA) is 64.5 Å². The zero-order valence-electron chi connectivity index (χ0n) is 23.0. The third-order valence-electron chi connectivity index (χ3n) is 4.68. The van der Waals surface area contributed by atoms with E-state index in [0.29, 0.717) is 33.7 Å². The van der Waals surface area contributed by atoms with Crippen molar-refractivity contribution in [1.29, 1.82) is 0 Å². The Labute approximate surface area is 185 Å². The molecule has 0 saturated heterocycles. The van der Waals surface area contributed by atoms with Crippen LogP contribution in [-0.2, 0) is 6.37 Å². The van der Waals surface area contributed by atoms with Crippen molar-refractivity contribution >= 4 is 5.69 Å². The Morgan fingerprint density at radius 1 is 1.40 bits per heavy atom. The van der Waals surface area contributed by atoms with Crippen molar-refractivity contribution in [2.24, 2.45) is 0 Å². The van der Waals surface area contributed by atoms with E-state index in [1.807, 2.05) is 13.8 Å². The molecule has 6 nitrogen and oxygen atoms in total. The van der Waals surface area contributed by atoms with Gasteiger partial charge in [-0.1, -0.05) is 30.3 Å². The van der Waals surface area contributed by atoms with Crippen LogP contribution in [0.1, 0.15) is 59.0 Å². The second-order valence-electron chi connectivity index (χ2n) is 7.11. The molecule has 30 heavy (non-hydrogen) atoms. The van der Waals surface area contributed by atoms with E-state index < -0.39 is 25.3 Å². The van der Waals surface area contributed by atoms with Gasteiger partial charge in [0.15, 0.2) is 0 Å². The van der Waals surface area contributed by atoms with Crippen molar-refractivity contribution < 1.29 is 17.5 Å². The molecule has 0 saturated carbocycles. The van der Waals surface area contributed by atoms with E-state index in [2.05, 4.69) is 20.3 Å². The van der Waals surface area contributed by atoms with Gasteiger partial charge in [0.25, 0.3) is 5.89 Å². The molecule has 0 amide bonds. The van der Waals surface area contributed by atoms with Crippen LogP contribution in [0, 0.1) is 6.57 Å². The average molecular weight is 409 g/mol. The van der Waals surface area contributed by atoms with Gasteiger partial charge in [-0.05, 0) is 68.8 Å². The van der Waals surface area contributed by atoms with Gasteiger partial charge in [-0.2, -0.15) is 4.98 Å². The SMILES string of the molecule is [2H]C1([2H])C[C@H](NC([2H])([2H])C([2H])([2H])C)c2cccc(-c3noc(-c4ccc(OC(C)C)c([N+]#[C-])c4)n3)c21. The normalized spacial score (nSPS) is 20.8. The standard InChI is InChI=1S/C24H26N4O2/c1-5-13-26-20-11-10-17-18(20)7-6-8-19(17)23-27-24(30-28-23)16-9-12-22(29-15(2)3)21(14-16)25-4/h6-9,12,14-15,20,26H,5,10-11,13H2,1-3H3/t20-/m0/s1/i5D2,10D2,13D2. The Bertz CT molecular complexity index is 1330. The quantitative estimate of drug-likeness (QED) is 0.506. The number of fused-ring (bicyclic) bond motifs is 1. The predicted molar refractivity (Wildman–Crippen MR) is 117 cm³/mol. The molecule has 2 aromatic carbocycles. The first-order valence-electron chi connectivity index (χ1n) is 12.7. The van der Waals surface area contributed by atoms with Crippen molar-refractivity contribution in [3.8, 4) is 28.6 Å².